The van der Waals surface area contributed by atoms with Gasteiger partial charge in [-0.15, -0.1) is 0 Å². The summed E-state index contributed by atoms with van der Waals surface area (Å²) in [6.07, 6.45) is 69.7. The fourth-order valence-corrected chi connectivity index (χ4v) is 7.02. The molecular weight excluding hydrogens is 805 g/mol. The molecule has 0 rings (SSSR count). The van der Waals surface area contributed by atoms with Crippen LogP contribution in [0.2, 0.25) is 0 Å². The third-order valence-corrected chi connectivity index (χ3v) is 11.1. The fraction of sp³-hybridized carbons (Fsp3) is 0.678. The second-order valence-electron chi connectivity index (χ2n) is 17.4. The molecule has 0 N–H and O–H groups in total. The average molecular weight is 903 g/mol. The van der Waals surface area contributed by atoms with Gasteiger partial charge in [0.05, 0.1) is 0 Å². The molecule has 0 aromatic rings. The predicted octanol–water partition coefficient (Wildman–Crippen LogP) is 17.8. The molecule has 0 aliphatic heterocycles. The molecule has 65 heavy (non-hydrogen) atoms. The van der Waals surface area contributed by atoms with E-state index in [2.05, 4.69) is 112 Å². The SMILES string of the molecule is CCCCC/C=C\C/C=C\C/C=C\C/C=C\C/C=C\CCC(=O)OC[C@H](COC(=O)CCCCCCCCCCCCC)OC(=O)CCCCCC/C=C\C/C=C\C/C=C\CCCCC. The van der Waals surface area contributed by atoms with Crippen LogP contribution in [-0.4, -0.2) is 37.2 Å². The maximum absolute atomic E-state index is 12.8. The lowest BCUT2D eigenvalue weighted by Gasteiger charge is -2.18. The summed E-state index contributed by atoms with van der Waals surface area (Å²) in [6.45, 7) is 6.49. The second-order valence-corrected chi connectivity index (χ2v) is 17.4. The van der Waals surface area contributed by atoms with Crippen molar-refractivity contribution in [2.75, 3.05) is 13.2 Å². The van der Waals surface area contributed by atoms with Crippen molar-refractivity contribution >= 4 is 17.9 Å². The Balaban J connectivity index is 4.53. The Morgan fingerprint density at radius 2 is 0.585 bits per heavy atom. The minimum absolute atomic E-state index is 0.109. The van der Waals surface area contributed by atoms with E-state index in [4.69, 9.17) is 14.2 Å². The van der Waals surface area contributed by atoms with E-state index >= 15 is 0 Å². The first-order chi connectivity index (χ1) is 32.0. The van der Waals surface area contributed by atoms with Crippen LogP contribution in [-0.2, 0) is 28.6 Å². The van der Waals surface area contributed by atoms with Gasteiger partial charge in [-0.2, -0.15) is 0 Å². The Morgan fingerprint density at radius 3 is 0.985 bits per heavy atom. The van der Waals surface area contributed by atoms with Gasteiger partial charge in [-0.05, 0) is 96.3 Å². The predicted molar refractivity (Wildman–Crippen MR) is 279 cm³/mol. The highest BCUT2D eigenvalue weighted by Crippen LogP contribution is 2.13. The molecule has 0 spiro atoms. The highest BCUT2D eigenvalue weighted by Gasteiger charge is 2.19. The van der Waals surface area contributed by atoms with Crippen LogP contribution in [0, 0.1) is 0 Å². The lowest BCUT2D eigenvalue weighted by atomic mass is 10.1. The summed E-state index contributed by atoms with van der Waals surface area (Å²) in [5.41, 5.74) is 0. The number of esters is 3. The van der Waals surface area contributed by atoms with Crippen LogP contribution in [0.15, 0.2) is 97.2 Å². The summed E-state index contributed by atoms with van der Waals surface area (Å²) in [4.78, 5) is 38.0. The Morgan fingerprint density at radius 1 is 0.308 bits per heavy atom. The highest BCUT2D eigenvalue weighted by molar-refractivity contribution is 5.71. The standard InChI is InChI=1S/C59H98O6/c1-4-7-10-13-16-19-22-24-26-28-29-31-32-34-37-40-43-46-49-52-58(61)64-55-56(54-63-57(60)51-48-45-42-39-36-21-18-15-12-9-6-3)65-59(62)53-50-47-44-41-38-35-33-30-27-25-23-20-17-14-11-8-5-2/h16-17,19-20,24-27,29,31,33-35,37,43,46,56H,4-15,18,21-23,28,30,32,36,38-42,44-45,47-55H2,1-3H3/b19-16-,20-17-,26-24-,27-25-,31-29-,35-33-,37-34-,46-43-/t56-/m0/s1. The van der Waals surface area contributed by atoms with Crippen molar-refractivity contribution in [3.8, 4) is 0 Å². The largest absolute Gasteiger partial charge is 0.462 e. The maximum atomic E-state index is 12.8. The number of allylic oxidation sites excluding steroid dienone is 16. The van der Waals surface area contributed by atoms with Gasteiger partial charge in [-0.25, -0.2) is 0 Å². The molecule has 6 nitrogen and oxygen atoms in total. The number of hydrogen-bond acceptors (Lipinski definition) is 6. The van der Waals surface area contributed by atoms with Gasteiger partial charge in [0, 0.05) is 19.3 Å². The Hall–Kier alpha value is -3.67. The first-order valence-corrected chi connectivity index (χ1v) is 26.7. The fourth-order valence-electron chi connectivity index (χ4n) is 7.02. The third kappa shape index (κ3) is 51.2. The van der Waals surface area contributed by atoms with Gasteiger partial charge in [0.2, 0.25) is 0 Å². The Kier molecular flexibility index (Phi) is 50.0. The van der Waals surface area contributed by atoms with Gasteiger partial charge < -0.3 is 14.2 Å². The smallest absolute Gasteiger partial charge is 0.306 e. The zero-order valence-corrected chi connectivity index (χ0v) is 42.2. The zero-order chi connectivity index (χ0) is 47.2. The van der Waals surface area contributed by atoms with Crippen molar-refractivity contribution in [2.45, 2.75) is 245 Å². The van der Waals surface area contributed by atoms with Gasteiger partial charge in [0.15, 0.2) is 6.10 Å². The van der Waals surface area contributed by atoms with Crippen molar-refractivity contribution < 1.29 is 28.6 Å². The Bertz CT molecular complexity index is 1310. The van der Waals surface area contributed by atoms with Crippen LogP contribution in [0.5, 0.6) is 0 Å². The number of ether oxygens (including phenoxy) is 3. The molecule has 0 bridgehead atoms. The van der Waals surface area contributed by atoms with Gasteiger partial charge in [0.25, 0.3) is 0 Å². The topological polar surface area (TPSA) is 78.9 Å². The second kappa shape index (κ2) is 52.9. The quantitative estimate of drug-likeness (QED) is 0.0262. The molecule has 0 fully saturated rings. The summed E-state index contributed by atoms with van der Waals surface area (Å²) in [7, 11) is 0. The molecule has 0 radical (unpaired) electrons. The van der Waals surface area contributed by atoms with E-state index in [0.29, 0.717) is 12.8 Å². The normalized spacial score (nSPS) is 12.8. The van der Waals surface area contributed by atoms with Crippen LogP contribution in [0.4, 0.5) is 0 Å². The van der Waals surface area contributed by atoms with Gasteiger partial charge in [0.1, 0.15) is 13.2 Å². The minimum atomic E-state index is -0.818. The van der Waals surface area contributed by atoms with E-state index in [0.717, 1.165) is 89.9 Å². The summed E-state index contributed by atoms with van der Waals surface area (Å²) in [6, 6.07) is 0. The van der Waals surface area contributed by atoms with Gasteiger partial charge >= 0.3 is 17.9 Å². The van der Waals surface area contributed by atoms with E-state index in [9.17, 15) is 14.4 Å². The van der Waals surface area contributed by atoms with Crippen LogP contribution < -0.4 is 0 Å². The van der Waals surface area contributed by atoms with Crippen LogP contribution >= 0.6 is 0 Å². The molecule has 0 unspecified atom stereocenters. The maximum Gasteiger partial charge on any atom is 0.306 e. The van der Waals surface area contributed by atoms with Gasteiger partial charge in [-0.3, -0.25) is 14.4 Å². The van der Waals surface area contributed by atoms with Gasteiger partial charge in [-0.1, -0.05) is 221 Å². The number of unbranched alkanes of at least 4 members (excludes halogenated alkanes) is 20. The molecular formula is C59H98O6. The zero-order valence-electron chi connectivity index (χ0n) is 42.2. The van der Waals surface area contributed by atoms with E-state index in [1.807, 2.05) is 6.08 Å². The van der Waals surface area contributed by atoms with Crippen molar-refractivity contribution in [1.82, 2.24) is 0 Å². The monoisotopic (exact) mass is 903 g/mol. The molecule has 0 saturated carbocycles. The third-order valence-electron chi connectivity index (χ3n) is 11.1. The Labute approximate surface area is 400 Å². The number of rotatable bonds is 47. The van der Waals surface area contributed by atoms with Crippen LogP contribution in [0.3, 0.4) is 0 Å². The van der Waals surface area contributed by atoms with E-state index in [-0.39, 0.29) is 44.0 Å². The lowest BCUT2D eigenvalue weighted by Crippen LogP contribution is -2.30. The molecule has 0 aliphatic carbocycles. The molecule has 1 atom stereocenters. The van der Waals surface area contributed by atoms with Crippen molar-refractivity contribution in [2.24, 2.45) is 0 Å². The summed E-state index contributed by atoms with van der Waals surface area (Å²) < 4.78 is 16.7. The highest BCUT2D eigenvalue weighted by atomic mass is 16.6. The van der Waals surface area contributed by atoms with E-state index in [1.165, 1.54) is 103 Å². The molecule has 370 valence electrons. The van der Waals surface area contributed by atoms with Crippen molar-refractivity contribution in [1.29, 1.82) is 0 Å². The molecule has 0 aromatic carbocycles. The van der Waals surface area contributed by atoms with Crippen molar-refractivity contribution in [3.05, 3.63) is 97.2 Å². The molecule has 0 amide bonds. The summed E-state index contributed by atoms with van der Waals surface area (Å²) >= 11 is 0. The average Bonchev–Trinajstić information content (AvgIpc) is 3.30. The van der Waals surface area contributed by atoms with Crippen LogP contribution in [0.1, 0.15) is 239 Å². The number of carbonyl (C=O) groups excluding carboxylic acids is 3. The minimum Gasteiger partial charge on any atom is -0.462 e. The van der Waals surface area contributed by atoms with E-state index < -0.39 is 6.10 Å². The summed E-state index contributed by atoms with van der Waals surface area (Å²) in [5, 5.41) is 0. The summed E-state index contributed by atoms with van der Waals surface area (Å²) in [5.74, 6) is -1.02. The lowest BCUT2D eigenvalue weighted by molar-refractivity contribution is -0.166. The first-order valence-electron chi connectivity index (χ1n) is 26.7. The molecule has 6 heteroatoms. The molecule has 0 aromatic heterocycles. The van der Waals surface area contributed by atoms with Crippen molar-refractivity contribution in [3.63, 3.8) is 0 Å². The molecule has 0 aliphatic rings. The number of hydrogen-bond donors (Lipinski definition) is 0. The van der Waals surface area contributed by atoms with Crippen LogP contribution in [0.25, 0.3) is 0 Å². The molecule has 0 heterocycles. The molecule has 0 saturated heterocycles. The first kappa shape index (κ1) is 61.3. The number of carbonyl (C=O) groups is 3. The van der Waals surface area contributed by atoms with E-state index in [1.54, 1.807) is 0 Å².